The second-order valence-electron chi connectivity index (χ2n) is 7.98. The molecule has 2 aromatic carbocycles. The number of rotatable bonds is 10. The average Bonchev–Trinajstić information content (AvgIpc) is 3.25. The Hall–Kier alpha value is -2.69. The van der Waals surface area contributed by atoms with Crippen LogP contribution in [-0.2, 0) is 21.4 Å². The first-order valence-corrected chi connectivity index (χ1v) is 13.0. The molecular formula is C23H29N5O3S2. The van der Waals surface area contributed by atoms with Gasteiger partial charge in [0.1, 0.15) is 6.33 Å². The minimum Gasteiger partial charge on any atom is -0.354 e. The summed E-state index contributed by atoms with van der Waals surface area (Å²) in [5.41, 5.74) is 4.24. The number of hydrogen-bond acceptors (Lipinski definition) is 6. The van der Waals surface area contributed by atoms with Gasteiger partial charge in [0, 0.05) is 18.8 Å². The number of hydrogen-bond donors (Lipinski definition) is 2. The second kappa shape index (κ2) is 11.0. The zero-order valence-corrected chi connectivity index (χ0v) is 20.9. The molecule has 3 aromatic rings. The molecule has 33 heavy (non-hydrogen) atoms. The SMILES string of the molecule is Cc1ccc(CN(CC(=O)NCCSc2ncn[nH]2)S(=O)(=O)c2c(C)cc(C)cc2C)cc1. The lowest BCUT2D eigenvalue weighted by Gasteiger charge is -2.24. The van der Waals surface area contributed by atoms with Crippen molar-refractivity contribution in [1.29, 1.82) is 0 Å². The van der Waals surface area contributed by atoms with E-state index in [1.165, 1.54) is 22.4 Å². The summed E-state index contributed by atoms with van der Waals surface area (Å²) in [4.78, 5) is 17.0. The average molecular weight is 488 g/mol. The lowest BCUT2D eigenvalue weighted by molar-refractivity contribution is -0.121. The largest absolute Gasteiger partial charge is 0.354 e. The van der Waals surface area contributed by atoms with Gasteiger partial charge in [-0.05, 0) is 44.4 Å². The number of carbonyl (C=O) groups excluding carboxylic acids is 1. The lowest BCUT2D eigenvalue weighted by Crippen LogP contribution is -2.41. The van der Waals surface area contributed by atoms with Gasteiger partial charge in [-0.3, -0.25) is 9.89 Å². The van der Waals surface area contributed by atoms with Crippen LogP contribution in [-0.4, -0.2) is 52.7 Å². The van der Waals surface area contributed by atoms with E-state index in [-0.39, 0.29) is 23.9 Å². The molecule has 0 fully saturated rings. The highest BCUT2D eigenvalue weighted by Gasteiger charge is 2.29. The number of sulfonamides is 1. The van der Waals surface area contributed by atoms with Crippen LogP contribution in [0.2, 0.25) is 0 Å². The van der Waals surface area contributed by atoms with Gasteiger partial charge < -0.3 is 5.32 Å². The van der Waals surface area contributed by atoms with Gasteiger partial charge in [0.15, 0.2) is 5.16 Å². The van der Waals surface area contributed by atoms with Gasteiger partial charge in [-0.25, -0.2) is 13.4 Å². The summed E-state index contributed by atoms with van der Waals surface area (Å²) in [6, 6.07) is 11.3. The molecule has 0 saturated carbocycles. The van der Waals surface area contributed by atoms with Crippen LogP contribution in [0.4, 0.5) is 0 Å². The first-order chi connectivity index (χ1) is 15.7. The third-order valence-electron chi connectivity index (χ3n) is 5.06. The first kappa shape index (κ1) is 24.9. The molecule has 0 spiro atoms. The van der Waals surface area contributed by atoms with E-state index in [0.29, 0.717) is 28.6 Å². The van der Waals surface area contributed by atoms with E-state index in [0.717, 1.165) is 16.7 Å². The fourth-order valence-corrected chi connectivity index (χ4v) is 6.08. The van der Waals surface area contributed by atoms with Crippen LogP contribution < -0.4 is 5.32 Å². The van der Waals surface area contributed by atoms with Gasteiger partial charge in [-0.1, -0.05) is 59.3 Å². The maximum Gasteiger partial charge on any atom is 0.244 e. The Kier molecular flexibility index (Phi) is 8.28. The highest BCUT2D eigenvalue weighted by molar-refractivity contribution is 7.99. The van der Waals surface area contributed by atoms with Gasteiger partial charge in [0.25, 0.3) is 0 Å². The van der Waals surface area contributed by atoms with Gasteiger partial charge in [-0.2, -0.15) is 9.40 Å². The maximum absolute atomic E-state index is 13.7. The summed E-state index contributed by atoms with van der Waals surface area (Å²) >= 11 is 1.42. The van der Waals surface area contributed by atoms with Gasteiger partial charge >= 0.3 is 0 Å². The maximum atomic E-state index is 13.7. The molecule has 0 unspecified atom stereocenters. The first-order valence-electron chi connectivity index (χ1n) is 10.5. The molecule has 0 saturated heterocycles. The van der Waals surface area contributed by atoms with E-state index in [9.17, 15) is 13.2 Å². The number of nitrogens with one attached hydrogen (secondary N) is 2. The number of H-pyrrole nitrogens is 1. The fraction of sp³-hybridized carbons (Fsp3) is 0.348. The van der Waals surface area contributed by atoms with E-state index in [1.807, 2.05) is 50.2 Å². The van der Waals surface area contributed by atoms with E-state index >= 15 is 0 Å². The summed E-state index contributed by atoms with van der Waals surface area (Å²) < 4.78 is 28.7. The molecule has 0 aliphatic carbocycles. The molecule has 1 aromatic heterocycles. The van der Waals surface area contributed by atoms with Crippen LogP contribution >= 0.6 is 11.8 Å². The number of thioether (sulfide) groups is 1. The molecule has 176 valence electrons. The number of carbonyl (C=O) groups is 1. The van der Waals surface area contributed by atoms with Crippen molar-refractivity contribution in [2.45, 2.75) is 44.3 Å². The van der Waals surface area contributed by atoms with Crippen molar-refractivity contribution in [1.82, 2.24) is 24.8 Å². The number of aromatic amines is 1. The Morgan fingerprint density at radius 1 is 1.06 bits per heavy atom. The Labute approximate surface area is 199 Å². The summed E-state index contributed by atoms with van der Waals surface area (Å²) in [5, 5.41) is 9.99. The van der Waals surface area contributed by atoms with E-state index in [1.54, 1.807) is 13.8 Å². The summed E-state index contributed by atoms with van der Waals surface area (Å²) in [7, 11) is -3.90. The van der Waals surface area contributed by atoms with Crippen LogP contribution in [0.1, 0.15) is 27.8 Å². The van der Waals surface area contributed by atoms with E-state index < -0.39 is 10.0 Å². The van der Waals surface area contributed by atoms with Crippen LogP contribution in [0, 0.1) is 27.7 Å². The van der Waals surface area contributed by atoms with Crippen molar-refractivity contribution in [2.75, 3.05) is 18.8 Å². The zero-order valence-electron chi connectivity index (χ0n) is 19.3. The topological polar surface area (TPSA) is 108 Å². The van der Waals surface area contributed by atoms with E-state index in [2.05, 4.69) is 20.5 Å². The van der Waals surface area contributed by atoms with Crippen LogP contribution in [0.3, 0.4) is 0 Å². The van der Waals surface area contributed by atoms with Crippen LogP contribution in [0.5, 0.6) is 0 Å². The molecule has 1 amide bonds. The van der Waals surface area contributed by atoms with Crippen molar-refractivity contribution < 1.29 is 13.2 Å². The summed E-state index contributed by atoms with van der Waals surface area (Å²) in [5.74, 6) is 0.230. The minimum absolute atomic E-state index is 0.107. The van der Waals surface area contributed by atoms with Gasteiger partial charge in [-0.15, -0.1) is 0 Å². The van der Waals surface area contributed by atoms with Crippen LogP contribution in [0.25, 0.3) is 0 Å². The smallest absolute Gasteiger partial charge is 0.244 e. The molecule has 1 heterocycles. The predicted octanol–water partition coefficient (Wildman–Crippen LogP) is 3.14. The highest BCUT2D eigenvalue weighted by atomic mass is 32.2. The number of benzene rings is 2. The third-order valence-corrected chi connectivity index (χ3v) is 8.03. The van der Waals surface area contributed by atoms with Crippen molar-refractivity contribution in [3.8, 4) is 0 Å². The van der Waals surface area contributed by atoms with Crippen LogP contribution in [0.15, 0.2) is 52.8 Å². The quantitative estimate of drug-likeness (QED) is 0.336. The molecule has 3 rings (SSSR count). The molecule has 0 atom stereocenters. The number of nitrogens with zero attached hydrogens (tertiary/aromatic N) is 3. The molecule has 2 N–H and O–H groups in total. The van der Waals surface area contributed by atoms with Crippen molar-refractivity contribution in [3.05, 3.63) is 70.5 Å². The molecule has 8 nitrogen and oxygen atoms in total. The van der Waals surface area contributed by atoms with Crippen molar-refractivity contribution in [3.63, 3.8) is 0 Å². The normalized spacial score (nSPS) is 11.7. The Balaban J connectivity index is 1.78. The van der Waals surface area contributed by atoms with Gasteiger partial charge in [0.05, 0.1) is 11.4 Å². The standard InChI is InChI=1S/C23H29N5O3S2/c1-16-5-7-20(8-6-16)13-28(14-21(29)24-9-10-32-23-25-15-26-27-23)33(30,31)22-18(3)11-17(2)12-19(22)4/h5-8,11-12,15H,9-10,13-14H2,1-4H3,(H,24,29)(H,25,26,27). The monoisotopic (exact) mass is 487 g/mol. The summed E-state index contributed by atoms with van der Waals surface area (Å²) in [6.07, 6.45) is 1.42. The number of aromatic nitrogens is 3. The molecular weight excluding hydrogens is 458 g/mol. The molecule has 0 aliphatic heterocycles. The molecule has 10 heteroatoms. The minimum atomic E-state index is -3.90. The number of amides is 1. The van der Waals surface area contributed by atoms with Crippen molar-refractivity contribution >= 4 is 27.7 Å². The van der Waals surface area contributed by atoms with Crippen molar-refractivity contribution in [2.24, 2.45) is 0 Å². The van der Waals surface area contributed by atoms with Gasteiger partial charge in [0.2, 0.25) is 15.9 Å². The number of aryl methyl sites for hydroxylation is 4. The third kappa shape index (κ3) is 6.66. The second-order valence-corrected chi connectivity index (χ2v) is 10.9. The summed E-state index contributed by atoms with van der Waals surface area (Å²) in [6.45, 7) is 7.71. The lowest BCUT2D eigenvalue weighted by atomic mass is 10.1. The molecule has 0 bridgehead atoms. The molecule has 0 aliphatic rings. The Bertz CT molecular complexity index is 1170. The zero-order chi connectivity index (χ0) is 24.0. The fourth-order valence-electron chi connectivity index (χ4n) is 3.64. The Morgan fingerprint density at radius 2 is 1.73 bits per heavy atom. The predicted molar refractivity (Wildman–Crippen MR) is 130 cm³/mol. The highest BCUT2D eigenvalue weighted by Crippen LogP contribution is 2.26. The van der Waals surface area contributed by atoms with E-state index in [4.69, 9.17) is 0 Å². The molecule has 0 radical (unpaired) electrons. The Morgan fingerprint density at radius 3 is 2.33 bits per heavy atom.